The molecule has 7 nitrogen and oxygen atoms in total. The largest absolute Gasteiger partial charge is 0.495 e. The lowest BCUT2D eigenvalue weighted by Crippen LogP contribution is -2.54. The number of benzene rings is 3. The number of fused-ring (bicyclic) bond motifs is 4. The van der Waals surface area contributed by atoms with E-state index in [1.807, 2.05) is 31.2 Å². The Bertz CT molecular complexity index is 1410. The third-order valence-electron chi connectivity index (χ3n) is 7.59. The molecule has 0 aliphatic carbocycles. The number of anilines is 2. The SMILES string of the molecule is COc1ccccc1N1C(=O)[C@@H]2[C@H](C)N[C@]3(C(=O)N(Cc4ccc(F)cc4)c4ccccc43)[C@@H]2C1=O. The molecule has 3 aromatic rings. The van der Waals surface area contributed by atoms with Gasteiger partial charge in [0.05, 0.1) is 31.2 Å². The third kappa shape index (κ3) is 2.91. The molecule has 2 fully saturated rings. The Labute approximate surface area is 207 Å². The summed E-state index contributed by atoms with van der Waals surface area (Å²) in [5.74, 6) is -2.67. The molecule has 3 heterocycles. The minimum absolute atomic E-state index is 0.212. The van der Waals surface area contributed by atoms with Gasteiger partial charge in [-0.25, -0.2) is 9.29 Å². The van der Waals surface area contributed by atoms with Crippen LogP contribution in [0.4, 0.5) is 15.8 Å². The summed E-state index contributed by atoms with van der Waals surface area (Å²) in [6.07, 6.45) is 0. The number of halogens is 1. The van der Waals surface area contributed by atoms with E-state index in [0.717, 1.165) is 5.56 Å². The van der Waals surface area contributed by atoms with Crippen LogP contribution in [-0.4, -0.2) is 30.9 Å². The summed E-state index contributed by atoms with van der Waals surface area (Å²) in [6, 6.07) is 19.8. The number of ether oxygens (including phenoxy) is 1. The molecule has 0 aromatic heterocycles. The van der Waals surface area contributed by atoms with Crippen LogP contribution in [0.2, 0.25) is 0 Å². The highest BCUT2D eigenvalue weighted by Crippen LogP contribution is 2.55. The zero-order chi connectivity index (χ0) is 25.2. The Balaban J connectivity index is 1.46. The van der Waals surface area contributed by atoms with Gasteiger partial charge in [-0.15, -0.1) is 0 Å². The fraction of sp³-hybridized carbons (Fsp3) is 0.250. The molecule has 36 heavy (non-hydrogen) atoms. The number of nitrogens with zero attached hydrogens (tertiary/aromatic N) is 2. The normalized spacial score (nSPS) is 26.6. The van der Waals surface area contributed by atoms with Gasteiger partial charge in [0.2, 0.25) is 11.8 Å². The van der Waals surface area contributed by atoms with Gasteiger partial charge in [0.25, 0.3) is 5.91 Å². The highest BCUT2D eigenvalue weighted by Gasteiger charge is 2.71. The summed E-state index contributed by atoms with van der Waals surface area (Å²) in [7, 11) is 1.49. The van der Waals surface area contributed by atoms with Gasteiger partial charge >= 0.3 is 0 Å². The summed E-state index contributed by atoms with van der Waals surface area (Å²) < 4.78 is 18.9. The van der Waals surface area contributed by atoms with Crippen molar-refractivity contribution in [1.29, 1.82) is 0 Å². The van der Waals surface area contributed by atoms with Gasteiger partial charge in [-0.3, -0.25) is 19.7 Å². The summed E-state index contributed by atoms with van der Waals surface area (Å²) in [5.41, 5.74) is 1.07. The minimum Gasteiger partial charge on any atom is -0.495 e. The first-order valence-corrected chi connectivity index (χ1v) is 11.8. The molecule has 3 amide bonds. The van der Waals surface area contributed by atoms with Crippen LogP contribution in [-0.2, 0) is 26.5 Å². The van der Waals surface area contributed by atoms with Gasteiger partial charge in [0.1, 0.15) is 17.1 Å². The maximum Gasteiger partial charge on any atom is 0.253 e. The van der Waals surface area contributed by atoms with Gasteiger partial charge in [-0.2, -0.15) is 0 Å². The van der Waals surface area contributed by atoms with E-state index in [1.54, 1.807) is 41.3 Å². The van der Waals surface area contributed by atoms with Crippen LogP contribution >= 0.6 is 0 Å². The first-order valence-electron chi connectivity index (χ1n) is 11.8. The molecule has 0 radical (unpaired) electrons. The van der Waals surface area contributed by atoms with Crippen LogP contribution in [0.1, 0.15) is 18.1 Å². The maximum absolute atomic E-state index is 14.2. The lowest BCUT2D eigenvalue weighted by molar-refractivity contribution is -0.132. The Morgan fingerprint density at radius 3 is 2.31 bits per heavy atom. The lowest BCUT2D eigenvalue weighted by atomic mass is 9.76. The van der Waals surface area contributed by atoms with Crippen molar-refractivity contribution in [3.05, 3.63) is 89.7 Å². The Morgan fingerprint density at radius 1 is 0.917 bits per heavy atom. The second kappa shape index (κ2) is 7.99. The molecule has 0 bridgehead atoms. The number of carbonyl (C=O) groups is 3. The molecule has 1 spiro atoms. The lowest BCUT2D eigenvalue weighted by Gasteiger charge is -2.30. The molecular formula is C28H24FN3O4. The van der Waals surface area contributed by atoms with Gasteiger partial charge < -0.3 is 9.64 Å². The predicted octanol–water partition coefficient (Wildman–Crippen LogP) is 3.37. The zero-order valence-electron chi connectivity index (χ0n) is 19.8. The van der Waals surface area contributed by atoms with Crippen LogP contribution in [0.3, 0.4) is 0 Å². The Morgan fingerprint density at radius 2 is 1.58 bits per heavy atom. The van der Waals surface area contributed by atoms with Crippen molar-refractivity contribution >= 4 is 29.1 Å². The zero-order valence-corrected chi connectivity index (χ0v) is 19.8. The molecule has 6 rings (SSSR count). The van der Waals surface area contributed by atoms with E-state index in [1.165, 1.54) is 24.1 Å². The van der Waals surface area contributed by atoms with Gasteiger partial charge in [0, 0.05) is 17.3 Å². The van der Waals surface area contributed by atoms with Crippen LogP contribution in [0.15, 0.2) is 72.8 Å². The van der Waals surface area contributed by atoms with Crippen LogP contribution in [0, 0.1) is 17.7 Å². The molecule has 1 N–H and O–H groups in total. The van der Waals surface area contributed by atoms with E-state index in [0.29, 0.717) is 22.7 Å². The highest BCUT2D eigenvalue weighted by atomic mass is 19.1. The molecule has 2 saturated heterocycles. The number of hydrogen-bond acceptors (Lipinski definition) is 5. The van der Waals surface area contributed by atoms with Crippen molar-refractivity contribution in [2.24, 2.45) is 11.8 Å². The smallest absolute Gasteiger partial charge is 0.253 e. The maximum atomic E-state index is 14.2. The summed E-state index contributed by atoms with van der Waals surface area (Å²) >= 11 is 0. The van der Waals surface area contributed by atoms with E-state index >= 15 is 0 Å². The average Bonchev–Trinajstić information content (AvgIpc) is 3.43. The second-order valence-corrected chi connectivity index (χ2v) is 9.46. The number of carbonyl (C=O) groups excluding carboxylic acids is 3. The highest BCUT2D eigenvalue weighted by molar-refractivity contribution is 6.26. The van der Waals surface area contributed by atoms with Crippen LogP contribution in [0.5, 0.6) is 5.75 Å². The molecule has 0 unspecified atom stereocenters. The summed E-state index contributed by atoms with van der Waals surface area (Å²) in [6.45, 7) is 2.05. The molecule has 3 aliphatic rings. The topological polar surface area (TPSA) is 79.0 Å². The number of para-hydroxylation sites is 3. The van der Waals surface area contributed by atoms with Gasteiger partial charge in [-0.1, -0.05) is 42.5 Å². The number of hydrogen-bond donors (Lipinski definition) is 1. The van der Waals surface area contributed by atoms with Gasteiger partial charge in [-0.05, 0) is 42.8 Å². The Hall–Kier alpha value is -4.04. The Kier molecular flexibility index (Phi) is 4.98. The first kappa shape index (κ1) is 22.4. The average molecular weight is 486 g/mol. The summed E-state index contributed by atoms with van der Waals surface area (Å²) in [5, 5.41) is 3.37. The fourth-order valence-corrected chi connectivity index (χ4v) is 6.09. The molecule has 182 valence electrons. The van der Waals surface area contributed by atoms with Crippen molar-refractivity contribution in [2.45, 2.75) is 25.0 Å². The number of amides is 3. The monoisotopic (exact) mass is 485 g/mol. The molecule has 8 heteroatoms. The number of imide groups is 1. The number of methoxy groups -OCH3 is 1. The molecule has 3 aliphatic heterocycles. The summed E-state index contributed by atoms with van der Waals surface area (Å²) in [4.78, 5) is 44.8. The first-order chi connectivity index (χ1) is 17.4. The van der Waals surface area contributed by atoms with Crippen LogP contribution < -0.4 is 19.9 Å². The molecule has 0 saturated carbocycles. The van der Waals surface area contributed by atoms with Crippen molar-refractivity contribution < 1.29 is 23.5 Å². The standard InChI is InChI=1S/C28H24FN3O4/c1-16-23-24(26(34)32(25(23)33)21-9-5-6-10-22(21)36-2)28(30-16)19-7-3-4-8-20(19)31(27(28)35)15-17-11-13-18(29)14-12-17/h3-14,16,23-24,30H,15H2,1-2H3/t16-,23+,24-,28-/m0/s1. The predicted molar refractivity (Wildman–Crippen MR) is 131 cm³/mol. The fourth-order valence-electron chi connectivity index (χ4n) is 6.09. The quantitative estimate of drug-likeness (QED) is 0.574. The third-order valence-corrected chi connectivity index (χ3v) is 7.59. The van der Waals surface area contributed by atoms with Crippen LogP contribution in [0.25, 0.3) is 0 Å². The number of nitrogens with one attached hydrogen (secondary N) is 1. The van der Waals surface area contributed by atoms with E-state index < -0.39 is 29.3 Å². The molecule has 4 atom stereocenters. The van der Waals surface area contributed by atoms with E-state index in [-0.39, 0.29) is 24.2 Å². The van der Waals surface area contributed by atoms with Crippen molar-refractivity contribution in [3.63, 3.8) is 0 Å². The molecular weight excluding hydrogens is 461 g/mol. The van der Waals surface area contributed by atoms with Crippen molar-refractivity contribution in [3.8, 4) is 5.75 Å². The molecule has 3 aromatic carbocycles. The second-order valence-electron chi connectivity index (χ2n) is 9.46. The minimum atomic E-state index is -1.38. The van der Waals surface area contributed by atoms with E-state index in [2.05, 4.69) is 5.32 Å². The van der Waals surface area contributed by atoms with Gasteiger partial charge in [0.15, 0.2) is 0 Å². The van der Waals surface area contributed by atoms with E-state index in [9.17, 15) is 18.8 Å². The van der Waals surface area contributed by atoms with E-state index in [4.69, 9.17) is 4.74 Å². The number of rotatable bonds is 4. The van der Waals surface area contributed by atoms with Crippen molar-refractivity contribution in [1.82, 2.24) is 5.32 Å². The van der Waals surface area contributed by atoms with Crippen molar-refractivity contribution in [2.75, 3.05) is 16.9 Å².